The second-order valence-corrected chi connectivity index (χ2v) is 7.55. The first-order chi connectivity index (χ1) is 13.1. The summed E-state index contributed by atoms with van der Waals surface area (Å²) < 4.78 is 6.22. The largest absolute Gasteiger partial charge is 0.489 e. The van der Waals surface area contributed by atoms with Gasteiger partial charge in [-0.3, -0.25) is 19.7 Å². The summed E-state index contributed by atoms with van der Waals surface area (Å²) in [5.74, 6) is -0.0544. The van der Waals surface area contributed by atoms with Crippen molar-refractivity contribution in [1.29, 1.82) is 0 Å². The van der Waals surface area contributed by atoms with Crippen LogP contribution in [-0.4, -0.2) is 47.9 Å². The fourth-order valence-electron chi connectivity index (χ4n) is 4.37. The Morgan fingerprint density at radius 2 is 1.96 bits per heavy atom. The molecule has 0 bridgehead atoms. The van der Waals surface area contributed by atoms with Gasteiger partial charge in [0.1, 0.15) is 17.9 Å². The Balaban J connectivity index is 1.49. The van der Waals surface area contributed by atoms with Gasteiger partial charge in [0.05, 0.1) is 0 Å². The molecule has 1 saturated carbocycles. The molecule has 0 aromatic heterocycles. The third kappa shape index (κ3) is 3.43. The van der Waals surface area contributed by atoms with Gasteiger partial charge in [0, 0.05) is 24.6 Å². The second kappa shape index (κ2) is 7.31. The first-order valence-corrected chi connectivity index (χ1v) is 9.68. The van der Waals surface area contributed by atoms with Gasteiger partial charge in [-0.15, -0.1) is 0 Å². The Labute approximate surface area is 158 Å². The fourth-order valence-corrected chi connectivity index (χ4v) is 4.37. The highest BCUT2D eigenvalue weighted by Gasteiger charge is 2.39. The molecule has 2 fully saturated rings. The van der Waals surface area contributed by atoms with Gasteiger partial charge in [0.2, 0.25) is 11.8 Å². The topological polar surface area (TPSA) is 87.7 Å². The Morgan fingerprint density at radius 1 is 1.15 bits per heavy atom. The number of hydrogen-bond acceptors (Lipinski definition) is 5. The quantitative estimate of drug-likeness (QED) is 0.781. The van der Waals surface area contributed by atoms with Crippen LogP contribution < -0.4 is 15.4 Å². The maximum absolute atomic E-state index is 12.7. The standard InChI is InChI=1S/C20H25N3O4/c1-21-15-4-2-3-5-17(15)27-13-6-7-14-12(10-13)11-23(20(14)26)16-8-9-18(24)22-19(16)25/h6-7,10,15-17,21H,2-5,8-9,11H2,1H3,(H,22,24,25)/t15-,16?,17+/m0/s1. The minimum absolute atomic E-state index is 0.130. The number of nitrogens with zero attached hydrogens (tertiary/aromatic N) is 1. The average Bonchev–Trinajstić information content (AvgIpc) is 2.98. The van der Waals surface area contributed by atoms with E-state index in [0.717, 1.165) is 30.6 Å². The number of carbonyl (C=O) groups is 3. The summed E-state index contributed by atoms with van der Waals surface area (Å²) in [6.07, 6.45) is 5.26. The van der Waals surface area contributed by atoms with Gasteiger partial charge in [-0.2, -0.15) is 0 Å². The molecule has 1 saturated heterocycles. The van der Waals surface area contributed by atoms with E-state index in [9.17, 15) is 14.4 Å². The molecule has 1 aromatic rings. The molecule has 1 unspecified atom stereocenters. The number of hydrogen-bond donors (Lipinski definition) is 2. The first kappa shape index (κ1) is 18.0. The number of nitrogens with one attached hydrogen (secondary N) is 2. The summed E-state index contributed by atoms with van der Waals surface area (Å²) >= 11 is 0. The van der Waals surface area contributed by atoms with Gasteiger partial charge in [-0.1, -0.05) is 6.42 Å². The third-order valence-corrected chi connectivity index (χ3v) is 5.86. The van der Waals surface area contributed by atoms with Gasteiger partial charge in [0.25, 0.3) is 5.91 Å². The van der Waals surface area contributed by atoms with E-state index in [-0.39, 0.29) is 30.2 Å². The molecule has 7 nitrogen and oxygen atoms in total. The highest BCUT2D eigenvalue weighted by molar-refractivity contribution is 6.05. The molecule has 2 heterocycles. The lowest BCUT2D eigenvalue weighted by Gasteiger charge is -2.31. The SMILES string of the molecule is CN[C@H]1CCCC[C@H]1Oc1ccc2c(c1)CN(C1CCC(=O)NC1=O)C2=O. The van der Waals surface area contributed by atoms with Crippen LogP contribution in [0.5, 0.6) is 5.75 Å². The number of carbonyl (C=O) groups excluding carboxylic acids is 3. The molecule has 144 valence electrons. The Bertz CT molecular complexity index is 778. The number of fused-ring (bicyclic) bond motifs is 1. The monoisotopic (exact) mass is 371 g/mol. The highest BCUT2D eigenvalue weighted by atomic mass is 16.5. The lowest BCUT2D eigenvalue weighted by atomic mass is 9.92. The normalized spacial score (nSPS) is 28.1. The van der Waals surface area contributed by atoms with Gasteiger partial charge >= 0.3 is 0 Å². The molecule has 3 atom stereocenters. The molecule has 3 amide bonds. The van der Waals surface area contributed by atoms with Crippen molar-refractivity contribution in [3.05, 3.63) is 29.3 Å². The molecule has 3 aliphatic rings. The van der Waals surface area contributed by atoms with E-state index in [0.29, 0.717) is 24.6 Å². The summed E-state index contributed by atoms with van der Waals surface area (Å²) in [4.78, 5) is 37.8. The summed E-state index contributed by atoms with van der Waals surface area (Å²) in [5.41, 5.74) is 1.49. The Hall–Kier alpha value is -2.41. The van der Waals surface area contributed by atoms with Gasteiger partial charge in [0.15, 0.2) is 0 Å². The van der Waals surface area contributed by atoms with Crippen molar-refractivity contribution in [2.75, 3.05) is 7.05 Å². The van der Waals surface area contributed by atoms with Gasteiger partial charge in [-0.05, 0) is 56.5 Å². The molecular weight excluding hydrogens is 346 g/mol. The van der Waals surface area contributed by atoms with Crippen LogP contribution in [0.15, 0.2) is 18.2 Å². The fraction of sp³-hybridized carbons (Fsp3) is 0.550. The molecule has 4 rings (SSSR count). The number of benzene rings is 1. The lowest BCUT2D eigenvalue weighted by Crippen LogP contribution is -2.52. The van der Waals surface area contributed by atoms with E-state index in [4.69, 9.17) is 4.74 Å². The minimum Gasteiger partial charge on any atom is -0.489 e. The maximum Gasteiger partial charge on any atom is 0.255 e. The summed E-state index contributed by atoms with van der Waals surface area (Å²) in [5, 5.41) is 5.66. The van der Waals surface area contributed by atoms with Crippen LogP contribution in [0, 0.1) is 0 Å². The number of ether oxygens (including phenoxy) is 1. The van der Waals surface area contributed by atoms with E-state index < -0.39 is 6.04 Å². The Morgan fingerprint density at radius 3 is 2.74 bits per heavy atom. The number of rotatable bonds is 4. The van der Waals surface area contributed by atoms with Crippen LogP contribution in [0.2, 0.25) is 0 Å². The molecule has 0 radical (unpaired) electrons. The molecule has 0 spiro atoms. The zero-order chi connectivity index (χ0) is 19.0. The Kier molecular flexibility index (Phi) is 4.86. The second-order valence-electron chi connectivity index (χ2n) is 7.55. The summed E-state index contributed by atoms with van der Waals surface area (Å²) in [7, 11) is 1.96. The van der Waals surface area contributed by atoms with Crippen LogP contribution in [0.25, 0.3) is 0 Å². The molecular formula is C20H25N3O4. The van der Waals surface area contributed by atoms with Crippen molar-refractivity contribution >= 4 is 17.7 Å². The van der Waals surface area contributed by atoms with E-state index in [2.05, 4.69) is 10.6 Å². The molecule has 1 aliphatic carbocycles. The molecule has 2 N–H and O–H groups in total. The summed E-state index contributed by atoms with van der Waals surface area (Å²) in [6.45, 7) is 0.373. The third-order valence-electron chi connectivity index (χ3n) is 5.86. The van der Waals surface area contributed by atoms with E-state index in [1.807, 2.05) is 19.2 Å². The van der Waals surface area contributed by atoms with Gasteiger partial charge in [-0.25, -0.2) is 0 Å². The number of amides is 3. The zero-order valence-corrected chi connectivity index (χ0v) is 15.5. The average molecular weight is 371 g/mol. The maximum atomic E-state index is 12.7. The molecule has 27 heavy (non-hydrogen) atoms. The van der Waals surface area contributed by atoms with Crippen molar-refractivity contribution in [2.24, 2.45) is 0 Å². The molecule has 7 heteroatoms. The highest BCUT2D eigenvalue weighted by Crippen LogP contribution is 2.31. The van der Waals surface area contributed by atoms with E-state index in [1.165, 1.54) is 6.42 Å². The van der Waals surface area contributed by atoms with Crippen molar-refractivity contribution < 1.29 is 19.1 Å². The lowest BCUT2D eigenvalue weighted by molar-refractivity contribution is -0.136. The van der Waals surface area contributed by atoms with Crippen molar-refractivity contribution in [3.63, 3.8) is 0 Å². The molecule has 2 aliphatic heterocycles. The van der Waals surface area contributed by atoms with Crippen LogP contribution >= 0.6 is 0 Å². The van der Waals surface area contributed by atoms with Crippen LogP contribution in [0.4, 0.5) is 0 Å². The number of likely N-dealkylation sites (N-methyl/N-ethyl adjacent to an activating group) is 1. The minimum atomic E-state index is -0.584. The molecule has 1 aromatic carbocycles. The number of piperidine rings is 1. The predicted molar refractivity (Wildman–Crippen MR) is 98.2 cm³/mol. The van der Waals surface area contributed by atoms with E-state index >= 15 is 0 Å². The van der Waals surface area contributed by atoms with Crippen molar-refractivity contribution in [1.82, 2.24) is 15.5 Å². The number of imide groups is 1. The van der Waals surface area contributed by atoms with Gasteiger partial charge < -0.3 is 15.0 Å². The summed E-state index contributed by atoms with van der Waals surface area (Å²) in [6, 6.07) is 5.30. The van der Waals surface area contributed by atoms with E-state index in [1.54, 1.807) is 11.0 Å². The van der Waals surface area contributed by atoms with Crippen LogP contribution in [-0.2, 0) is 16.1 Å². The van der Waals surface area contributed by atoms with Crippen molar-refractivity contribution in [3.8, 4) is 5.75 Å². The van der Waals surface area contributed by atoms with Crippen LogP contribution in [0.3, 0.4) is 0 Å². The first-order valence-electron chi connectivity index (χ1n) is 9.68. The predicted octanol–water partition coefficient (Wildman–Crippen LogP) is 1.36. The van der Waals surface area contributed by atoms with Crippen LogP contribution in [0.1, 0.15) is 54.4 Å². The zero-order valence-electron chi connectivity index (χ0n) is 15.5. The smallest absolute Gasteiger partial charge is 0.255 e. The van der Waals surface area contributed by atoms with Crippen molar-refractivity contribution in [2.45, 2.75) is 63.3 Å².